The van der Waals surface area contributed by atoms with E-state index >= 15 is 0 Å². The van der Waals surface area contributed by atoms with Crippen molar-refractivity contribution in [2.45, 2.75) is 18.7 Å². The third-order valence-electron chi connectivity index (χ3n) is 2.24. The Hall–Kier alpha value is -0.0600. The molecule has 15 heavy (non-hydrogen) atoms. The lowest BCUT2D eigenvalue weighted by molar-refractivity contribution is 0.530. The van der Waals surface area contributed by atoms with Crippen molar-refractivity contribution in [1.82, 2.24) is 0 Å². The topological polar surface area (TPSA) is 13.1 Å². The molecule has 0 radical (unpaired) electrons. The predicted molar refractivity (Wildman–Crippen MR) is 71.0 cm³/mol. The van der Waals surface area contributed by atoms with E-state index in [2.05, 4.69) is 44.8 Å². The van der Waals surface area contributed by atoms with Crippen molar-refractivity contribution < 1.29 is 4.42 Å². The summed E-state index contributed by atoms with van der Waals surface area (Å²) in [6.45, 7) is 4.10. The van der Waals surface area contributed by atoms with Crippen LogP contribution in [0.25, 0.3) is 0 Å². The standard InChI is InChI=1S/C11H10Br2OS/c1-6-5-9(12)11(15-6)10(13)8-3-4-14-7(8)2/h3-5,10H,1-2H3. The van der Waals surface area contributed by atoms with E-state index in [4.69, 9.17) is 4.42 Å². The molecule has 0 aliphatic rings. The highest BCUT2D eigenvalue weighted by molar-refractivity contribution is 9.11. The second-order valence-electron chi connectivity index (χ2n) is 3.36. The molecule has 0 N–H and O–H groups in total. The molecule has 0 saturated carbocycles. The van der Waals surface area contributed by atoms with Gasteiger partial charge in [-0.1, -0.05) is 15.9 Å². The smallest absolute Gasteiger partial charge is 0.105 e. The Bertz CT molecular complexity index is 473. The molecule has 0 spiro atoms. The van der Waals surface area contributed by atoms with E-state index < -0.39 is 0 Å². The van der Waals surface area contributed by atoms with Crippen molar-refractivity contribution in [3.05, 3.63) is 43.9 Å². The van der Waals surface area contributed by atoms with Crippen molar-refractivity contribution in [3.8, 4) is 0 Å². The van der Waals surface area contributed by atoms with Crippen LogP contribution in [-0.2, 0) is 0 Å². The van der Waals surface area contributed by atoms with Crippen molar-refractivity contribution in [2.24, 2.45) is 0 Å². The second-order valence-corrected chi connectivity index (χ2v) is 6.42. The highest BCUT2D eigenvalue weighted by atomic mass is 79.9. The second kappa shape index (κ2) is 4.44. The fraction of sp³-hybridized carbons (Fsp3) is 0.273. The van der Waals surface area contributed by atoms with Crippen LogP contribution in [0.3, 0.4) is 0 Å². The SMILES string of the molecule is Cc1cc(Br)c(C(Br)c2ccoc2C)s1. The number of hydrogen-bond donors (Lipinski definition) is 0. The largest absolute Gasteiger partial charge is 0.469 e. The van der Waals surface area contributed by atoms with Crippen LogP contribution >= 0.6 is 43.2 Å². The summed E-state index contributed by atoms with van der Waals surface area (Å²) >= 11 is 9.08. The summed E-state index contributed by atoms with van der Waals surface area (Å²) in [5.41, 5.74) is 1.19. The lowest BCUT2D eigenvalue weighted by Gasteiger charge is -2.07. The van der Waals surface area contributed by atoms with Crippen LogP contribution in [0, 0.1) is 13.8 Å². The van der Waals surface area contributed by atoms with Gasteiger partial charge in [0.25, 0.3) is 0 Å². The van der Waals surface area contributed by atoms with Crippen LogP contribution in [-0.4, -0.2) is 0 Å². The summed E-state index contributed by atoms with van der Waals surface area (Å²) < 4.78 is 6.47. The molecule has 2 aromatic rings. The number of alkyl halides is 1. The minimum atomic E-state index is 0.212. The summed E-state index contributed by atoms with van der Waals surface area (Å²) in [6.07, 6.45) is 1.73. The van der Waals surface area contributed by atoms with Crippen LogP contribution in [0.15, 0.2) is 27.3 Å². The Kier molecular flexibility index (Phi) is 3.38. The highest BCUT2D eigenvalue weighted by Crippen LogP contribution is 2.41. The van der Waals surface area contributed by atoms with E-state index in [1.165, 1.54) is 15.3 Å². The maximum Gasteiger partial charge on any atom is 0.105 e. The van der Waals surface area contributed by atoms with Gasteiger partial charge in [0, 0.05) is 19.8 Å². The Morgan fingerprint density at radius 3 is 2.60 bits per heavy atom. The number of rotatable bonds is 2. The molecule has 80 valence electrons. The van der Waals surface area contributed by atoms with Gasteiger partial charge in [0.05, 0.1) is 11.1 Å². The lowest BCUT2D eigenvalue weighted by atomic mass is 10.1. The van der Waals surface area contributed by atoms with E-state index in [0.717, 1.165) is 10.2 Å². The van der Waals surface area contributed by atoms with E-state index in [1.54, 1.807) is 17.6 Å². The highest BCUT2D eigenvalue weighted by Gasteiger charge is 2.19. The number of halogens is 2. The molecule has 1 unspecified atom stereocenters. The van der Waals surface area contributed by atoms with E-state index in [0.29, 0.717) is 0 Å². The predicted octanol–water partition coefficient (Wildman–Crippen LogP) is 5.20. The monoisotopic (exact) mass is 348 g/mol. The van der Waals surface area contributed by atoms with Gasteiger partial charge < -0.3 is 4.42 Å². The fourth-order valence-electron chi connectivity index (χ4n) is 1.47. The quantitative estimate of drug-likeness (QED) is 0.678. The molecule has 0 bridgehead atoms. The van der Waals surface area contributed by atoms with E-state index in [1.807, 2.05) is 13.0 Å². The molecule has 0 fully saturated rings. The Balaban J connectivity index is 2.40. The number of hydrogen-bond acceptors (Lipinski definition) is 2. The normalized spacial score (nSPS) is 13.1. The summed E-state index contributed by atoms with van der Waals surface area (Å²) in [5.74, 6) is 0.967. The van der Waals surface area contributed by atoms with Crippen molar-refractivity contribution >= 4 is 43.2 Å². The molecule has 2 aromatic heterocycles. The first kappa shape index (κ1) is 11.4. The summed E-state index contributed by atoms with van der Waals surface area (Å²) in [7, 11) is 0. The number of aryl methyl sites for hydroxylation is 2. The Labute approximate surface area is 110 Å². The maximum atomic E-state index is 5.31. The molecule has 2 rings (SSSR count). The van der Waals surface area contributed by atoms with Crippen molar-refractivity contribution in [1.29, 1.82) is 0 Å². The molecule has 0 saturated heterocycles. The number of thiophene rings is 1. The first-order valence-corrected chi connectivity index (χ1v) is 7.06. The van der Waals surface area contributed by atoms with Gasteiger partial charge in [-0.25, -0.2) is 0 Å². The molecule has 0 aromatic carbocycles. The molecule has 1 atom stereocenters. The molecule has 1 nitrogen and oxygen atoms in total. The van der Waals surface area contributed by atoms with Gasteiger partial charge >= 0.3 is 0 Å². The van der Waals surface area contributed by atoms with Gasteiger partial charge in [-0.2, -0.15) is 0 Å². The zero-order valence-corrected chi connectivity index (χ0v) is 12.4. The van der Waals surface area contributed by atoms with Gasteiger partial charge in [-0.05, 0) is 41.9 Å². The minimum absolute atomic E-state index is 0.212. The maximum absolute atomic E-state index is 5.31. The summed E-state index contributed by atoms with van der Waals surface area (Å²) in [4.78, 5) is 2.81. The zero-order valence-electron chi connectivity index (χ0n) is 8.38. The molecule has 2 heterocycles. The molecular weight excluding hydrogens is 340 g/mol. The average molecular weight is 350 g/mol. The van der Waals surface area contributed by atoms with Gasteiger partial charge in [-0.15, -0.1) is 11.3 Å². The molecule has 0 aliphatic carbocycles. The molecule has 4 heteroatoms. The van der Waals surface area contributed by atoms with E-state index in [9.17, 15) is 0 Å². The minimum Gasteiger partial charge on any atom is -0.469 e. The lowest BCUT2D eigenvalue weighted by Crippen LogP contribution is -1.89. The third-order valence-corrected chi connectivity index (χ3v) is 5.53. The average Bonchev–Trinajstić information content (AvgIpc) is 2.71. The summed E-state index contributed by atoms with van der Waals surface area (Å²) in [5, 5.41) is 0. The molecule has 0 aliphatic heterocycles. The van der Waals surface area contributed by atoms with Gasteiger partial charge in [0.2, 0.25) is 0 Å². The summed E-state index contributed by atoms with van der Waals surface area (Å²) in [6, 6.07) is 4.15. The zero-order chi connectivity index (χ0) is 11.0. The van der Waals surface area contributed by atoms with Crippen LogP contribution in [0.5, 0.6) is 0 Å². The van der Waals surface area contributed by atoms with Crippen LogP contribution < -0.4 is 0 Å². The van der Waals surface area contributed by atoms with Crippen LogP contribution in [0.1, 0.15) is 25.9 Å². The molecular formula is C11H10Br2OS. The first-order chi connectivity index (χ1) is 7.09. The Morgan fingerprint density at radius 1 is 1.40 bits per heavy atom. The molecule has 0 amide bonds. The van der Waals surface area contributed by atoms with Gasteiger partial charge in [0.1, 0.15) is 5.76 Å². The van der Waals surface area contributed by atoms with Crippen LogP contribution in [0.2, 0.25) is 0 Å². The van der Waals surface area contributed by atoms with E-state index in [-0.39, 0.29) is 4.83 Å². The van der Waals surface area contributed by atoms with Crippen LogP contribution in [0.4, 0.5) is 0 Å². The van der Waals surface area contributed by atoms with Crippen molar-refractivity contribution in [3.63, 3.8) is 0 Å². The van der Waals surface area contributed by atoms with Gasteiger partial charge in [0.15, 0.2) is 0 Å². The third kappa shape index (κ3) is 2.22. The number of furan rings is 1. The fourth-order valence-corrected chi connectivity index (χ4v) is 4.66. The van der Waals surface area contributed by atoms with Crippen molar-refractivity contribution in [2.75, 3.05) is 0 Å². The Morgan fingerprint density at radius 2 is 2.13 bits per heavy atom. The first-order valence-electron chi connectivity index (χ1n) is 4.53. The van der Waals surface area contributed by atoms with Gasteiger partial charge in [-0.3, -0.25) is 0 Å².